The molecule has 0 aliphatic heterocycles. The molecule has 1 N–H and O–H groups in total. The SMILES string of the molecule is CCNCC(C)COc1cccc(Cl)c1F. The molecule has 0 bridgehead atoms. The highest BCUT2D eigenvalue weighted by molar-refractivity contribution is 6.30. The second-order valence-corrected chi connectivity index (χ2v) is 4.18. The highest BCUT2D eigenvalue weighted by atomic mass is 35.5. The molecule has 1 aromatic rings. The number of hydrogen-bond acceptors (Lipinski definition) is 2. The smallest absolute Gasteiger partial charge is 0.183 e. The molecule has 2 nitrogen and oxygen atoms in total. The van der Waals surface area contributed by atoms with Gasteiger partial charge in [0.2, 0.25) is 0 Å². The van der Waals surface area contributed by atoms with Gasteiger partial charge < -0.3 is 10.1 Å². The first-order valence-corrected chi connectivity index (χ1v) is 5.80. The molecule has 16 heavy (non-hydrogen) atoms. The van der Waals surface area contributed by atoms with Crippen molar-refractivity contribution in [2.75, 3.05) is 19.7 Å². The summed E-state index contributed by atoms with van der Waals surface area (Å²) in [5.41, 5.74) is 0. The predicted molar refractivity (Wildman–Crippen MR) is 64.6 cm³/mol. The van der Waals surface area contributed by atoms with Gasteiger partial charge in [0.05, 0.1) is 11.6 Å². The minimum absolute atomic E-state index is 0.0943. The fourth-order valence-electron chi connectivity index (χ4n) is 1.28. The van der Waals surface area contributed by atoms with Crippen LogP contribution in [0.25, 0.3) is 0 Å². The van der Waals surface area contributed by atoms with Crippen molar-refractivity contribution < 1.29 is 9.13 Å². The largest absolute Gasteiger partial charge is 0.490 e. The van der Waals surface area contributed by atoms with Gasteiger partial charge in [-0.1, -0.05) is 31.5 Å². The molecule has 1 unspecified atom stereocenters. The summed E-state index contributed by atoms with van der Waals surface area (Å²) < 4.78 is 18.8. The molecule has 0 saturated heterocycles. The van der Waals surface area contributed by atoms with Gasteiger partial charge in [0.1, 0.15) is 0 Å². The molecule has 0 spiro atoms. The zero-order chi connectivity index (χ0) is 12.0. The van der Waals surface area contributed by atoms with Gasteiger partial charge in [-0.2, -0.15) is 0 Å². The summed E-state index contributed by atoms with van der Waals surface area (Å²) in [5.74, 6) is 0.0639. The van der Waals surface area contributed by atoms with Crippen molar-refractivity contribution in [1.82, 2.24) is 5.32 Å². The summed E-state index contributed by atoms with van der Waals surface area (Å²) in [6.07, 6.45) is 0. The Morgan fingerprint density at radius 3 is 2.94 bits per heavy atom. The fourth-order valence-corrected chi connectivity index (χ4v) is 1.44. The molecule has 0 amide bonds. The van der Waals surface area contributed by atoms with Gasteiger partial charge in [0.15, 0.2) is 11.6 Å². The van der Waals surface area contributed by atoms with Crippen molar-refractivity contribution in [3.05, 3.63) is 29.0 Å². The molecular weight excluding hydrogens is 229 g/mol. The Morgan fingerprint density at radius 1 is 1.50 bits per heavy atom. The number of rotatable bonds is 6. The Hall–Kier alpha value is -0.800. The standard InChI is InChI=1S/C12H17ClFNO/c1-3-15-7-9(2)8-16-11-6-4-5-10(13)12(11)14/h4-6,9,15H,3,7-8H2,1-2H3. The first-order chi connectivity index (χ1) is 7.65. The lowest BCUT2D eigenvalue weighted by Crippen LogP contribution is -2.24. The van der Waals surface area contributed by atoms with Crippen LogP contribution in [0.2, 0.25) is 5.02 Å². The number of ether oxygens (including phenoxy) is 1. The number of nitrogens with one attached hydrogen (secondary N) is 1. The molecule has 0 aliphatic carbocycles. The number of benzene rings is 1. The molecule has 0 radical (unpaired) electrons. The third-order valence-electron chi connectivity index (χ3n) is 2.18. The van der Waals surface area contributed by atoms with Crippen LogP contribution >= 0.6 is 11.6 Å². The molecule has 4 heteroatoms. The molecule has 1 aromatic carbocycles. The van der Waals surface area contributed by atoms with Crippen molar-refractivity contribution >= 4 is 11.6 Å². The van der Waals surface area contributed by atoms with Crippen LogP contribution in [0.1, 0.15) is 13.8 Å². The molecule has 90 valence electrons. The van der Waals surface area contributed by atoms with Gasteiger partial charge >= 0.3 is 0 Å². The Balaban J connectivity index is 2.45. The van der Waals surface area contributed by atoms with Gasteiger partial charge in [0, 0.05) is 12.5 Å². The monoisotopic (exact) mass is 245 g/mol. The van der Waals surface area contributed by atoms with Crippen molar-refractivity contribution in [3.8, 4) is 5.75 Å². The summed E-state index contributed by atoms with van der Waals surface area (Å²) in [6.45, 7) is 6.36. The van der Waals surface area contributed by atoms with E-state index >= 15 is 0 Å². The van der Waals surface area contributed by atoms with Crippen LogP contribution in [-0.2, 0) is 0 Å². The highest BCUT2D eigenvalue weighted by Gasteiger charge is 2.09. The maximum Gasteiger partial charge on any atom is 0.183 e. The van der Waals surface area contributed by atoms with Crippen LogP contribution in [0, 0.1) is 11.7 Å². The van der Waals surface area contributed by atoms with E-state index in [1.807, 2.05) is 13.8 Å². The first kappa shape index (κ1) is 13.3. The Labute approximate surface area is 101 Å². The zero-order valence-electron chi connectivity index (χ0n) is 9.59. The first-order valence-electron chi connectivity index (χ1n) is 5.42. The lowest BCUT2D eigenvalue weighted by Gasteiger charge is -2.13. The summed E-state index contributed by atoms with van der Waals surface area (Å²) in [5, 5.41) is 3.30. The van der Waals surface area contributed by atoms with Gasteiger partial charge in [-0.3, -0.25) is 0 Å². The van der Waals surface area contributed by atoms with Crippen LogP contribution in [0.15, 0.2) is 18.2 Å². The zero-order valence-corrected chi connectivity index (χ0v) is 10.4. The fraction of sp³-hybridized carbons (Fsp3) is 0.500. The molecule has 1 atom stereocenters. The minimum atomic E-state index is -0.486. The lowest BCUT2D eigenvalue weighted by atomic mass is 10.2. The van der Waals surface area contributed by atoms with Crippen LogP contribution in [0.5, 0.6) is 5.75 Å². The van der Waals surface area contributed by atoms with Gasteiger partial charge in [-0.05, 0) is 18.7 Å². The van der Waals surface area contributed by atoms with Crippen LogP contribution in [-0.4, -0.2) is 19.7 Å². The molecule has 0 aromatic heterocycles. The molecule has 0 heterocycles. The summed E-state index contributed by atoms with van der Waals surface area (Å²) in [7, 11) is 0. The Morgan fingerprint density at radius 2 is 2.25 bits per heavy atom. The van der Waals surface area contributed by atoms with E-state index in [0.29, 0.717) is 12.5 Å². The third-order valence-corrected chi connectivity index (χ3v) is 2.47. The van der Waals surface area contributed by atoms with Crippen molar-refractivity contribution in [2.45, 2.75) is 13.8 Å². The van der Waals surface area contributed by atoms with Crippen LogP contribution < -0.4 is 10.1 Å². The van der Waals surface area contributed by atoms with E-state index in [-0.39, 0.29) is 10.8 Å². The molecule has 0 aliphatic rings. The average Bonchev–Trinajstić information content (AvgIpc) is 2.28. The predicted octanol–water partition coefficient (Wildman–Crippen LogP) is 3.10. The summed E-state index contributed by atoms with van der Waals surface area (Å²) in [4.78, 5) is 0. The summed E-state index contributed by atoms with van der Waals surface area (Å²) in [6, 6.07) is 4.77. The Kier molecular flexibility index (Phi) is 5.56. The minimum Gasteiger partial charge on any atom is -0.490 e. The van der Waals surface area contributed by atoms with E-state index in [0.717, 1.165) is 13.1 Å². The van der Waals surface area contributed by atoms with Crippen molar-refractivity contribution in [1.29, 1.82) is 0 Å². The van der Waals surface area contributed by atoms with E-state index in [9.17, 15) is 4.39 Å². The van der Waals surface area contributed by atoms with Crippen LogP contribution in [0.4, 0.5) is 4.39 Å². The third kappa shape index (κ3) is 3.99. The molecular formula is C12H17ClFNO. The molecule has 0 saturated carbocycles. The number of hydrogen-bond donors (Lipinski definition) is 1. The molecule has 0 fully saturated rings. The van der Waals surface area contributed by atoms with Gasteiger partial charge in [0.25, 0.3) is 0 Å². The topological polar surface area (TPSA) is 21.3 Å². The molecule has 1 rings (SSSR count). The van der Waals surface area contributed by atoms with Gasteiger partial charge in [-0.15, -0.1) is 0 Å². The highest BCUT2D eigenvalue weighted by Crippen LogP contribution is 2.24. The quantitative estimate of drug-likeness (QED) is 0.832. The van der Waals surface area contributed by atoms with E-state index in [4.69, 9.17) is 16.3 Å². The second-order valence-electron chi connectivity index (χ2n) is 3.78. The summed E-state index contributed by atoms with van der Waals surface area (Å²) >= 11 is 5.65. The maximum atomic E-state index is 13.4. The average molecular weight is 246 g/mol. The van der Waals surface area contributed by atoms with Crippen molar-refractivity contribution in [2.24, 2.45) is 5.92 Å². The lowest BCUT2D eigenvalue weighted by molar-refractivity contribution is 0.246. The van der Waals surface area contributed by atoms with E-state index in [1.54, 1.807) is 12.1 Å². The normalized spacial score (nSPS) is 12.5. The van der Waals surface area contributed by atoms with E-state index < -0.39 is 5.82 Å². The Bertz CT molecular complexity index is 333. The van der Waals surface area contributed by atoms with Crippen LogP contribution in [0.3, 0.4) is 0 Å². The second kappa shape index (κ2) is 6.71. The van der Waals surface area contributed by atoms with E-state index in [2.05, 4.69) is 5.32 Å². The number of halogens is 2. The maximum absolute atomic E-state index is 13.4. The van der Waals surface area contributed by atoms with Crippen molar-refractivity contribution in [3.63, 3.8) is 0 Å². The van der Waals surface area contributed by atoms with E-state index in [1.165, 1.54) is 6.07 Å². The van der Waals surface area contributed by atoms with Gasteiger partial charge in [-0.25, -0.2) is 4.39 Å².